The molecule has 1 amide bonds. The third-order valence-electron chi connectivity index (χ3n) is 4.88. The van der Waals surface area contributed by atoms with Gasteiger partial charge in [-0.1, -0.05) is 11.6 Å². The maximum atomic E-state index is 12.5. The summed E-state index contributed by atoms with van der Waals surface area (Å²) in [6.07, 6.45) is 0.911. The minimum Gasteiger partial charge on any atom is -0.507 e. The van der Waals surface area contributed by atoms with Gasteiger partial charge in [0.25, 0.3) is 5.91 Å². The van der Waals surface area contributed by atoms with Gasteiger partial charge in [-0.2, -0.15) is 0 Å². The number of fused-ring (bicyclic) bond motifs is 1. The van der Waals surface area contributed by atoms with Crippen LogP contribution in [0.15, 0.2) is 36.4 Å². The van der Waals surface area contributed by atoms with E-state index in [9.17, 15) is 9.90 Å². The van der Waals surface area contributed by atoms with E-state index >= 15 is 0 Å². The van der Waals surface area contributed by atoms with Gasteiger partial charge in [-0.25, -0.2) is 4.98 Å². The first-order valence-corrected chi connectivity index (χ1v) is 10.8. The fourth-order valence-electron chi connectivity index (χ4n) is 3.30. The molecule has 0 saturated carbocycles. The number of phenols is 1. The van der Waals surface area contributed by atoms with Gasteiger partial charge in [0.05, 0.1) is 29.0 Å². The maximum Gasteiger partial charge on any atom is 0.251 e. The zero-order valence-corrected chi connectivity index (χ0v) is 17.4. The van der Waals surface area contributed by atoms with Gasteiger partial charge in [0, 0.05) is 30.2 Å². The first-order chi connectivity index (χ1) is 14.1. The summed E-state index contributed by atoms with van der Waals surface area (Å²) in [5.74, 6) is 0.00737. The van der Waals surface area contributed by atoms with E-state index in [1.807, 2.05) is 12.1 Å². The highest BCUT2D eigenvalue weighted by atomic mass is 35.5. The van der Waals surface area contributed by atoms with Crippen LogP contribution in [0.1, 0.15) is 16.8 Å². The van der Waals surface area contributed by atoms with Crippen molar-refractivity contribution < 1.29 is 14.6 Å². The highest BCUT2D eigenvalue weighted by molar-refractivity contribution is 7.21. The molecule has 0 bridgehead atoms. The van der Waals surface area contributed by atoms with Gasteiger partial charge in [0.15, 0.2) is 0 Å². The summed E-state index contributed by atoms with van der Waals surface area (Å²) in [5, 5.41) is 14.3. The van der Waals surface area contributed by atoms with Crippen molar-refractivity contribution in [2.75, 3.05) is 39.4 Å². The number of carbonyl (C=O) groups excluding carboxylic acids is 1. The lowest BCUT2D eigenvalue weighted by atomic mass is 10.2. The normalized spacial score (nSPS) is 14.9. The number of hydrogen-bond acceptors (Lipinski definition) is 6. The molecule has 1 aliphatic heterocycles. The van der Waals surface area contributed by atoms with Gasteiger partial charge in [0.1, 0.15) is 10.8 Å². The minimum atomic E-state index is -0.0850. The standard InChI is InChI=1S/C21H22ClN3O3S/c22-15-3-4-16(18(26)13-15)21-24-17-5-2-14(12-19(17)29-21)20(27)23-6-1-7-25-8-10-28-11-9-25/h2-5,12-13,26H,1,6-11H2,(H,23,27). The van der Waals surface area contributed by atoms with Gasteiger partial charge in [0.2, 0.25) is 0 Å². The number of amides is 1. The van der Waals surface area contributed by atoms with Gasteiger partial charge in [-0.3, -0.25) is 9.69 Å². The van der Waals surface area contributed by atoms with Crippen molar-refractivity contribution in [3.8, 4) is 16.3 Å². The van der Waals surface area contributed by atoms with Crippen LogP contribution in [0, 0.1) is 0 Å². The second-order valence-electron chi connectivity index (χ2n) is 6.93. The summed E-state index contributed by atoms with van der Waals surface area (Å²) in [4.78, 5) is 19.4. The van der Waals surface area contributed by atoms with E-state index in [0.29, 0.717) is 27.7 Å². The summed E-state index contributed by atoms with van der Waals surface area (Å²) >= 11 is 7.34. The Morgan fingerprint density at radius 3 is 2.86 bits per heavy atom. The van der Waals surface area contributed by atoms with E-state index in [0.717, 1.165) is 49.5 Å². The Morgan fingerprint density at radius 1 is 1.24 bits per heavy atom. The van der Waals surface area contributed by atoms with Crippen molar-refractivity contribution >= 4 is 39.1 Å². The van der Waals surface area contributed by atoms with Crippen LogP contribution in [0.25, 0.3) is 20.8 Å². The molecule has 1 aromatic heterocycles. The number of aromatic hydroxyl groups is 1. The number of benzene rings is 2. The van der Waals surface area contributed by atoms with Gasteiger partial charge in [-0.05, 0) is 49.4 Å². The predicted molar refractivity (Wildman–Crippen MR) is 116 cm³/mol. The van der Waals surface area contributed by atoms with Crippen LogP contribution < -0.4 is 5.32 Å². The average molecular weight is 432 g/mol. The third kappa shape index (κ3) is 4.87. The Morgan fingerprint density at radius 2 is 2.07 bits per heavy atom. The zero-order chi connectivity index (χ0) is 20.2. The molecular formula is C21H22ClN3O3S. The summed E-state index contributed by atoms with van der Waals surface area (Å²) < 4.78 is 6.24. The third-order valence-corrected chi connectivity index (χ3v) is 6.17. The quantitative estimate of drug-likeness (QED) is 0.581. The molecule has 2 N–H and O–H groups in total. The molecule has 0 unspecified atom stereocenters. The molecule has 1 saturated heterocycles. The monoisotopic (exact) mass is 431 g/mol. The molecule has 2 heterocycles. The number of halogens is 1. The molecule has 1 fully saturated rings. The molecule has 29 heavy (non-hydrogen) atoms. The van der Waals surface area contributed by atoms with Crippen molar-refractivity contribution in [1.29, 1.82) is 0 Å². The van der Waals surface area contributed by atoms with Crippen molar-refractivity contribution in [2.24, 2.45) is 0 Å². The number of thiazole rings is 1. The highest BCUT2D eigenvalue weighted by Gasteiger charge is 2.14. The second-order valence-corrected chi connectivity index (χ2v) is 8.39. The van der Waals surface area contributed by atoms with Gasteiger partial charge >= 0.3 is 0 Å². The van der Waals surface area contributed by atoms with E-state index in [1.165, 1.54) is 17.4 Å². The molecule has 1 aliphatic rings. The molecule has 4 rings (SSSR count). The summed E-state index contributed by atoms with van der Waals surface area (Å²) in [6.45, 7) is 5.10. The van der Waals surface area contributed by atoms with Crippen LogP contribution in [-0.4, -0.2) is 60.3 Å². The summed E-state index contributed by atoms with van der Waals surface area (Å²) in [5.41, 5.74) is 2.03. The number of carbonyl (C=O) groups is 1. The van der Waals surface area contributed by atoms with Gasteiger partial charge < -0.3 is 15.2 Å². The topological polar surface area (TPSA) is 74.7 Å². The molecule has 0 aliphatic carbocycles. The highest BCUT2D eigenvalue weighted by Crippen LogP contribution is 2.36. The predicted octanol–water partition coefficient (Wildman–Crippen LogP) is 3.77. The molecular weight excluding hydrogens is 410 g/mol. The van der Waals surface area contributed by atoms with E-state index in [1.54, 1.807) is 18.2 Å². The lowest BCUT2D eigenvalue weighted by Crippen LogP contribution is -2.38. The number of ether oxygens (including phenoxy) is 1. The number of nitrogens with zero attached hydrogens (tertiary/aromatic N) is 2. The number of rotatable bonds is 6. The molecule has 3 aromatic rings. The average Bonchev–Trinajstić information content (AvgIpc) is 3.14. The van der Waals surface area contributed by atoms with Crippen LogP contribution in [-0.2, 0) is 4.74 Å². The molecule has 152 valence electrons. The SMILES string of the molecule is O=C(NCCCN1CCOCC1)c1ccc2nc(-c3ccc(Cl)cc3O)sc2c1. The summed E-state index contributed by atoms with van der Waals surface area (Å²) in [7, 11) is 0. The zero-order valence-electron chi connectivity index (χ0n) is 15.9. The lowest BCUT2D eigenvalue weighted by Gasteiger charge is -2.26. The smallest absolute Gasteiger partial charge is 0.251 e. The molecule has 8 heteroatoms. The largest absolute Gasteiger partial charge is 0.507 e. The van der Waals surface area contributed by atoms with Crippen LogP contribution in [0.3, 0.4) is 0 Å². The number of morpholine rings is 1. The van der Waals surface area contributed by atoms with Crippen molar-refractivity contribution in [3.63, 3.8) is 0 Å². The van der Waals surface area contributed by atoms with Crippen LogP contribution >= 0.6 is 22.9 Å². The van der Waals surface area contributed by atoms with E-state index in [2.05, 4.69) is 15.2 Å². The Kier molecular flexibility index (Phi) is 6.30. The number of aromatic nitrogens is 1. The Labute approximate surface area is 178 Å². The van der Waals surface area contributed by atoms with Crippen LogP contribution in [0.4, 0.5) is 0 Å². The van der Waals surface area contributed by atoms with E-state index in [4.69, 9.17) is 16.3 Å². The number of phenolic OH excluding ortho intramolecular Hbond substituents is 1. The molecule has 0 radical (unpaired) electrons. The molecule has 6 nitrogen and oxygen atoms in total. The number of hydrogen-bond donors (Lipinski definition) is 2. The fraction of sp³-hybridized carbons (Fsp3) is 0.333. The first-order valence-electron chi connectivity index (χ1n) is 9.58. The van der Waals surface area contributed by atoms with Crippen LogP contribution in [0.5, 0.6) is 5.75 Å². The molecule has 0 spiro atoms. The summed E-state index contributed by atoms with van der Waals surface area (Å²) in [6, 6.07) is 10.4. The second kappa shape index (κ2) is 9.09. The van der Waals surface area contributed by atoms with Crippen molar-refractivity contribution in [1.82, 2.24) is 15.2 Å². The van der Waals surface area contributed by atoms with Crippen molar-refractivity contribution in [3.05, 3.63) is 47.0 Å². The lowest BCUT2D eigenvalue weighted by molar-refractivity contribution is 0.0374. The molecule has 2 aromatic carbocycles. The van der Waals surface area contributed by atoms with Crippen LogP contribution in [0.2, 0.25) is 5.02 Å². The van der Waals surface area contributed by atoms with Crippen molar-refractivity contribution in [2.45, 2.75) is 6.42 Å². The minimum absolute atomic E-state index is 0.0850. The van der Waals surface area contributed by atoms with Gasteiger partial charge in [-0.15, -0.1) is 11.3 Å². The number of nitrogens with one attached hydrogen (secondary N) is 1. The Balaban J connectivity index is 1.39. The maximum absolute atomic E-state index is 12.5. The Bertz CT molecular complexity index is 1020. The Hall–Kier alpha value is -2.19. The van der Waals surface area contributed by atoms with E-state index in [-0.39, 0.29) is 11.7 Å². The fourth-order valence-corrected chi connectivity index (χ4v) is 4.50. The molecule has 0 atom stereocenters. The first kappa shape index (κ1) is 20.1. The van der Waals surface area contributed by atoms with E-state index < -0.39 is 0 Å².